The van der Waals surface area contributed by atoms with Gasteiger partial charge in [-0.2, -0.15) is 0 Å². The molecule has 2 N–H and O–H groups in total. The Balaban J connectivity index is 2.13. The number of sulfonamides is 1. The summed E-state index contributed by atoms with van der Waals surface area (Å²) in [5, 5.41) is 8.02. The Morgan fingerprint density at radius 2 is 2.05 bits per heavy atom. The van der Waals surface area contributed by atoms with Crippen LogP contribution in [0.15, 0.2) is 39.8 Å². The molecule has 0 aliphatic carbocycles. The quantitative estimate of drug-likeness (QED) is 0.874. The van der Waals surface area contributed by atoms with E-state index < -0.39 is 32.7 Å². The zero-order valence-electron chi connectivity index (χ0n) is 10.3. The number of nitrogens with one attached hydrogen (secondary N) is 1. The molecule has 21 heavy (non-hydrogen) atoms. The normalized spacial score (nSPS) is 11.5. The zero-order chi connectivity index (χ0) is 15.6. The third kappa shape index (κ3) is 3.60. The summed E-state index contributed by atoms with van der Waals surface area (Å²) in [6, 6.07) is 5.83. The summed E-state index contributed by atoms with van der Waals surface area (Å²) in [4.78, 5) is 10.6. The molecule has 0 aliphatic heterocycles. The summed E-state index contributed by atoms with van der Waals surface area (Å²) in [6.45, 7) is -0.147. The van der Waals surface area contributed by atoms with E-state index in [2.05, 4.69) is 4.72 Å². The van der Waals surface area contributed by atoms with Crippen LogP contribution in [0.1, 0.15) is 16.1 Å². The number of carboxylic acids is 1. The fourth-order valence-corrected chi connectivity index (χ4v) is 2.63. The standard InChI is InChI=1S/C12H9ClFNO5S/c13-8-5-7(1-2-9(8)14)6-15-21(18,19)11-4-3-10(20-11)12(16)17/h1-5,15H,6H2,(H,16,17). The maximum absolute atomic E-state index is 13.0. The molecule has 1 aromatic heterocycles. The van der Waals surface area contributed by atoms with Crippen LogP contribution >= 0.6 is 11.6 Å². The summed E-state index contributed by atoms with van der Waals surface area (Å²) in [5.74, 6) is -2.47. The van der Waals surface area contributed by atoms with Crippen molar-refractivity contribution in [2.24, 2.45) is 0 Å². The highest BCUT2D eigenvalue weighted by Crippen LogP contribution is 2.17. The molecular formula is C12H9ClFNO5S. The van der Waals surface area contributed by atoms with Crippen molar-refractivity contribution in [1.82, 2.24) is 4.72 Å². The Labute approximate surface area is 124 Å². The van der Waals surface area contributed by atoms with E-state index >= 15 is 0 Å². The number of halogens is 2. The minimum Gasteiger partial charge on any atom is -0.475 e. The van der Waals surface area contributed by atoms with Crippen LogP contribution in [0.4, 0.5) is 4.39 Å². The molecule has 0 atom stereocenters. The van der Waals surface area contributed by atoms with Gasteiger partial charge in [0.1, 0.15) is 5.82 Å². The lowest BCUT2D eigenvalue weighted by Gasteiger charge is -2.05. The first-order chi connectivity index (χ1) is 9.79. The van der Waals surface area contributed by atoms with Gasteiger partial charge in [0.15, 0.2) is 0 Å². The van der Waals surface area contributed by atoms with Gasteiger partial charge in [0.2, 0.25) is 10.9 Å². The molecular weight excluding hydrogens is 325 g/mol. The van der Waals surface area contributed by atoms with Crippen LogP contribution in [0.2, 0.25) is 5.02 Å². The highest BCUT2D eigenvalue weighted by atomic mass is 35.5. The lowest BCUT2D eigenvalue weighted by Crippen LogP contribution is -2.22. The van der Waals surface area contributed by atoms with Crippen LogP contribution < -0.4 is 4.72 Å². The maximum Gasteiger partial charge on any atom is 0.371 e. The number of carboxylic acid groups (broad SMARTS) is 1. The summed E-state index contributed by atoms with van der Waals surface area (Å²) in [7, 11) is -4.01. The molecule has 6 nitrogen and oxygen atoms in total. The Morgan fingerprint density at radius 1 is 1.33 bits per heavy atom. The van der Waals surface area contributed by atoms with Gasteiger partial charge in [-0.25, -0.2) is 22.3 Å². The number of furan rings is 1. The number of hydrogen-bond donors (Lipinski definition) is 2. The molecule has 0 saturated carbocycles. The fourth-order valence-electron chi connectivity index (χ4n) is 1.48. The minimum absolute atomic E-state index is 0.127. The van der Waals surface area contributed by atoms with Crippen molar-refractivity contribution in [3.05, 3.63) is 52.5 Å². The first kappa shape index (κ1) is 15.5. The molecule has 1 aromatic carbocycles. The first-order valence-electron chi connectivity index (χ1n) is 5.56. The SMILES string of the molecule is O=C(O)c1ccc(S(=O)(=O)NCc2ccc(F)c(Cl)c2)o1. The summed E-state index contributed by atoms with van der Waals surface area (Å²) in [6.07, 6.45) is 0. The second-order valence-corrected chi connectivity index (χ2v) is 6.10. The van der Waals surface area contributed by atoms with Crippen molar-refractivity contribution in [3.63, 3.8) is 0 Å². The van der Waals surface area contributed by atoms with Crippen molar-refractivity contribution in [2.45, 2.75) is 11.6 Å². The van der Waals surface area contributed by atoms with E-state index in [1.165, 1.54) is 12.1 Å². The van der Waals surface area contributed by atoms with Gasteiger partial charge in [-0.05, 0) is 29.8 Å². The first-order valence-corrected chi connectivity index (χ1v) is 7.42. The number of carbonyl (C=O) groups is 1. The molecule has 2 rings (SSSR count). The highest BCUT2D eigenvalue weighted by Gasteiger charge is 2.20. The van der Waals surface area contributed by atoms with Crippen LogP contribution in [0, 0.1) is 5.82 Å². The molecule has 0 aliphatic rings. The lowest BCUT2D eigenvalue weighted by molar-refractivity contribution is 0.0656. The Hall–Kier alpha value is -1.90. The van der Waals surface area contributed by atoms with E-state index in [1.54, 1.807) is 0 Å². The van der Waals surface area contributed by atoms with Gasteiger partial charge in [-0.3, -0.25) is 0 Å². The summed E-state index contributed by atoms with van der Waals surface area (Å²) in [5.41, 5.74) is 0.440. The Bertz CT molecular complexity index is 787. The topological polar surface area (TPSA) is 96.6 Å². The number of rotatable bonds is 5. The monoisotopic (exact) mass is 333 g/mol. The molecule has 0 unspecified atom stereocenters. The molecule has 0 bridgehead atoms. The van der Waals surface area contributed by atoms with E-state index in [0.29, 0.717) is 5.56 Å². The average molecular weight is 334 g/mol. The van der Waals surface area contributed by atoms with Crippen LogP contribution in [0.3, 0.4) is 0 Å². The summed E-state index contributed by atoms with van der Waals surface area (Å²) >= 11 is 5.58. The Kier molecular flexibility index (Phi) is 4.31. The van der Waals surface area contributed by atoms with Crippen LogP contribution in [0.5, 0.6) is 0 Å². The molecule has 9 heteroatoms. The number of benzene rings is 1. The third-order valence-corrected chi connectivity index (χ3v) is 4.07. The van der Waals surface area contributed by atoms with Crippen molar-refractivity contribution >= 4 is 27.6 Å². The van der Waals surface area contributed by atoms with Crippen molar-refractivity contribution in [3.8, 4) is 0 Å². The van der Waals surface area contributed by atoms with Crippen LogP contribution in [0.25, 0.3) is 0 Å². The summed E-state index contributed by atoms with van der Waals surface area (Å²) < 4.78 is 43.7. The highest BCUT2D eigenvalue weighted by molar-refractivity contribution is 7.89. The van der Waals surface area contributed by atoms with Gasteiger partial charge in [0.05, 0.1) is 5.02 Å². The van der Waals surface area contributed by atoms with Crippen molar-refractivity contribution < 1.29 is 27.1 Å². The lowest BCUT2D eigenvalue weighted by atomic mass is 10.2. The molecule has 2 aromatic rings. The molecule has 0 fully saturated rings. The molecule has 0 saturated heterocycles. The third-order valence-electron chi connectivity index (χ3n) is 2.51. The van der Waals surface area contributed by atoms with Crippen molar-refractivity contribution in [1.29, 1.82) is 0 Å². The molecule has 112 valence electrons. The van der Waals surface area contributed by atoms with E-state index in [4.69, 9.17) is 21.1 Å². The second kappa shape index (κ2) is 5.84. The fraction of sp³-hybridized carbons (Fsp3) is 0.0833. The zero-order valence-corrected chi connectivity index (χ0v) is 11.9. The van der Waals surface area contributed by atoms with Gasteiger partial charge in [-0.1, -0.05) is 17.7 Å². The smallest absolute Gasteiger partial charge is 0.371 e. The molecule has 0 amide bonds. The van der Waals surface area contributed by atoms with Crippen LogP contribution in [-0.2, 0) is 16.6 Å². The predicted molar refractivity (Wildman–Crippen MR) is 71.1 cm³/mol. The minimum atomic E-state index is -4.01. The van der Waals surface area contributed by atoms with Gasteiger partial charge in [0, 0.05) is 6.54 Å². The van der Waals surface area contributed by atoms with Gasteiger partial charge in [0.25, 0.3) is 10.0 Å². The van der Waals surface area contributed by atoms with Gasteiger partial charge >= 0.3 is 5.97 Å². The largest absolute Gasteiger partial charge is 0.475 e. The van der Waals surface area contributed by atoms with E-state index in [0.717, 1.165) is 18.2 Å². The van der Waals surface area contributed by atoms with Crippen molar-refractivity contribution in [2.75, 3.05) is 0 Å². The Morgan fingerprint density at radius 3 is 2.62 bits per heavy atom. The maximum atomic E-state index is 13.0. The number of hydrogen-bond acceptors (Lipinski definition) is 4. The average Bonchev–Trinajstić information content (AvgIpc) is 2.91. The van der Waals surface area contributed by atoms with E-state index in [-0.39, 0.29) is 11.6 Å². The molecule has 0 spiro atoms. The molecule has 0 radical (unpaired) electrons. The molecule has 1 heterocycles. The van der Waals surface area contributed by atoms with Crippen LogP contribution in [-0.4, -0.2) is 19.5 Å². The predicted octanol–water partition coefficient (Wildman–Crippen LogP) is 2.25. The second-order valence-electron chi connectivity index (χ2n) is 4.00. The van der Waals surface area contributed by atoms with E-state index in [1.807, 2.05) is 0 Å². The van der Waals surface area contributed by atoms with E-state index in [9.17, 15) is 17.6 Å². The van der Waals surface area contributed by atoms with Gasteiger partial charge < -0.3 is 9.52 Å². The van der Waals surface area contributed by atoms with Gasteiger partial charge in [-0.15, -0.1) is 0 Å². The number of aromatic carboxylic acids is 1.